The zero-order chi connectivity index (χ0) is 13.6. The molecule has 0 aliphatic carbocycles. The Morgan fingerprint density at radius 2 is 1.79 bits per heavy atom. The molecule has 1 aromatic carbocycles. The third kappa shape index (κ3) is 8.41. The molecular weight excluding hydrogens is 262 g/mol. The number of likely N-dealkylation sites (N-methyl/N-ethyl adjacent to an activating group) is 1. The van der Waals surface area contributed by atoms with Crippen molar-refractivity contribution in [1.29, 1.82) is 0 Å². The highest BCUT2D eigenvalue weighted by atomic mass is 35.5. The van der Waals surface area contributed by atoms with E-state index in [1.165, 1.54) is 11.6 Å². The van der Waals surface area contributed by atoms with Gasteiger partial charge in [-0.2, -0.15) is 0 Å². The number of hydrogen-bond acceptors (Lipinski definition) is 2. The van der Waals surface area contributed by atoms with Crippen LogP contribution in [0.5, 0.6) is 0 Å². The SMILES string of the molecule is Cc1ccc(C=CC(=O)OCC[N+](C)(C)C)cc1.[Cl-]. The van der Waals surface area contributed by atoms with Crippen LogP contribution in [0.25, 0.3) is 6.08 Å². The molecule has 0 N–H and O–H groups in total. The summed E-state index contributed by atoms with van der Waals surface area (Å²) in [5.41, 5.74) is 2.21. The van der Waals surface area contributed by atoms with Crippen LogP contribution < -0.4 is 12.4 Å². The second kappa shape index (κ2) is 7.97. The highest BCUT2D eigenvalue weighted by Crippen LogP contribution is 2.05. The summed E-state index contributed by atoms with van der Waals surface area (Å²) in [7, 11) is 6.20. The number of benzene rings is 1. The molecule has 0 atom stereocenters. The number of carbonyl (C=O) groups is 1. The van der Waals surface area contributed by atoms with E-state index in [9.17, 15) is 4.79 Å². The molecule has 0 radical (unpaired) electrons. The van der Waals surface area contributed by atoms with Crippen molar-refractivity contribution in [2.45, 2.75) is 6.92 Å². The Kier molecular flexibility index (Phi) is 7.42. The number of rotatable bonds is 5. The first-order chi connectivity index (χ1) is 8.37. The van der Waals surface area contributed by atoms with E-state index in [1.54, 1.807) is 6.08 Å². The van der Waals surface area contributed by atoms with E-state index in [4.69, 9.17) is 4.74 Å². The summed E-state index contributed by atoms with van der Waals surface area (Å²) in [6, 6.07) is 7.99. The van der Waals surface area contributed by atoms with Crippen LogP contribution in [0.3, 0.4) is 0 Å². The Labute approximate surface area is 121 Å². The smallest absolute Gasteiger partial charge is 0.330 e. The molecule has 0 aliphatic heterocycles. The minimum absolute atomic E-state index is 0. The van der Waals surface area contributed by atoms with Crippen molar-refractivity contribution in [3.05, 3.63) is 41.5 Å². The molecular formula is C15H22ClNO2. The van der Waals surface area contributed by atoms with Crippen LogP contribution in [0, 0.1) is 6.92 Å². The van der Waals surface area contributed by atoms with Gasteiger partial charge >= 0.3 is 5.97 Å². The minimum Gasteiger partial charge on any atom is -1.00 e. The zero-order valence-corrected chi connectivity index (χ0v) is 12.8. The summed E-state index contributed by atoms with van der Waals surface area (Å²) >= 11 is 0. The Morgan fingerprint density at radius 1 is 1.21 bits per heavy atom. The van der Waals surface area contributed by atoms with Crippen molar-refractivity contribution in [2.75, 3.05) is 34.3 Å². The van der Waals surface area contributed by atoms with E-state index in [1.807, 2.05) is 31.2 Å². The van der Waals surface area contributed by atoms with Gasteiger partial charge in [0.1, 0.15) is 13.2 Å². The lowest BCUT2D eigenvalue weighted by molar-refractivity contribution is -0.870. The fourth-order valence-electron chi connectivity index (χ4n) is 1.31. The number of hydrogen-bond donors (Lipinski definition) is 0. The van der Waals surface area contributed by atoms with Crippen LogP contribution in [-0.4, -0.2) is 44.7 Å². The van der Waals surface area contributed by atoms with Gasteiger partial charge in [0.25, 0.3) is 0 Å². The average molecular weight is 284 g/mol. The number of ether oxygens (including phenoxy) is 1. The number of quaternary nitrogens is 1. The van der Waals surface area contributed by atoms with E-state index in [2.05, 4.69) is 21.1 Å². The second-order valence-corrected chi connectivity index (χ2v) is 5.43. The van der Waals surface area contributed by atoms with E-state index < -0.39 is 0 Å². The fourth-order valence-corrected chi connectivity index (χ4v) is 1.31. The summed E-state index contributed by atoms with van der Waals surface area (Å²) in [6.45, 7) is 3.29. The molecule has 1 aromatic rings. The lowest BCUT2D eigenvalue weighted by Crippen LogP contribution is -3.00. The maximum atomic E-state index is 11.5. The van der Waals surface area contributed by atoms with Gasteiger partial charge in [0.15, 0.2) is 0 Å². The van der Waals surface area contributed by atoms with Gasteiger partial charge in [-0.05, 0) is 18.6 Å². The molecule has 0 heterocycles. The maximum absolute atomic E-state index is 11.5. The zero-order valence-electron chi connectivity index (χ0n) is 12.0. The van der Waals surface area contributed by atoms with Crippen molar-refractivity contribution in [1.82, 2.24) is 0 Å². The molecule has 1 rings (SSSR count). The fraction of sp³-hybridized carbons (Fsp3) is 0.400. The molecule has 0 saturated carbocycles. The summed E-state index contributed by atoms with van der Waals surface area (Å²) in [5, 5.41) is 0. The molecule has 0 amide bonds. The predicted octanol–water partition coefficient (Wildman–Crippen LogP) is -0.738. The van der Waals surface area contributed by atoms with E-state index >= 15 is 0 Å². The van der Waals surface area contributed by atoms with Crippen LogP contribution in [-0.2, 0) is 9.53 Å². The molecule has 3 nitrogen and oxygen atoms in total. The molecule has 106 valence electrons. The van der Waals surface area contributed by atoms with Crippen molar-refractivity contribution >= 4 is 12.0 Å². The lowest BCUT2D eigenvalue weighted by Gasteiger charge is -2.23. The predicted molar refractivity (Wildman–Crippen MR) is 74.1 cm³/mol. The van der Waals surface area contributed by atoms with Crippen LogP contribution >= 0.6 is 0 Å². The first-order valence-corrected chi connectivity index (χ1v) is 6.09. The van der Waals surface area contributed by atoms with E-state index in [0.29, 0.717) is 6.61 Å². The number of halogens is 1. The van der Waals surface area contributed by atoms with Gasteiger partial charge in [0, 0.05) is 6.08 Å². The van der Waals surface area contributed by atoms with Gasteiger partial charge in [-0.3, -0.25) is 0 Å². The van der Waals surface area contributed by atoms with Gasteiger partial charge in [-0.15, -0.1) is 0 Å². The minimum atomic E-state index is -0.288. The van der Waals surface area contributed by atoms with Gasteiger partial charge in [0.2, 0.25) is 0 Å². The Morgan fingerprint density at radius 3 is 2.32 bits per heavy atom. The molecule has 0 unspecified atom stereocenters. The molecule has 0 fully saturated rings. The van der Waals surface area contributed by atoms with E-state index in [0.717, 1.165) is 16.6 Å². The van der Waals surface area contributed by atoms with Crippen molar-refractivity contribution in [2.24, 2.45) is 0 Å². The molecule has 0 saturated heterocycles. The first-order valence-electron chi connectivity index (χ1n) is 6.09. The molecule has 0 bridgehead atoms. The summed E-state index contributed by atoms with van der Waals surface area (Å²) in [6.07, 6.45) is 3.24. The summed E-state index contributed by atoms with van der Waals surface area (Å²) in [5.74, 6) is -0.288. The van der Waals surface area contributed by atoms with Crippen LogP contribution in [0.1, 0.15) is 11.1 Å². The Balaban J connectivity index is 0.00000324. The maximum Gasteiger partial charge on any atom is 0.330 e. The number of aryl methyl sites for hydroxylation is 1. The third-order valence-electron chi connectivity index (χ3n) is 2.50. The normalized spacial score (nSPS) is 11.2. The van der Waals surface area contributed by atoms with Gasteiger partial charge in [-0.25, -0.2) is 4.79 Å². The van der Waals surface area contributed by atoms with Crippen LogP contribution in [0.4, 0.5) is 0 Å². The second-order valence-electron chi connectivity index (χ2n) is 5.43. The molecule has 0 spiro atoms. The lowest BCUT2D eigenvalue weighted by atomic mass is 10.1. The summed E-state index contributed by atoms with van der Waals surface area (Å²) in [4.78, 5) is 11.5. The Hall–Kier alpha value is -1.32. The molecule has 0 aromatic heterocycles. The average Bonchev–Trinajstić information content (AvgIpc) is 2.26. The van der Waals surface area contributed by atoms with Gasteiger partial charge in [-0.1, -0.05) is 29.8 Å². The topological polar surface area (TPSA) is 26.3 Å². The van der Waals surface area contributed by atoms with Gasteiger partial charge in [0.05, 0.1) is 21.1 Å². The quantitative estimate of drug-likeness (QED) is 0.404. The highest BCUT2D eigenvalue weighted by Gasteiger charge is 2.07. The monoisotopic (exact) mass is 283 g/mol. The van der Waals surface area contributed by atoms with Crippen LogP contribution in [0.2, 0.25) is 0 Å². The standard InChI is InChI=1S/C15H22NO2.ClH/c1-13-5-7-14(8-6-13)9-10-15(17)18-12-11-16(2,3)4;/h5-10H,11-12H2,1-4H3;1H/q+1;/p-1. The molecule has 0 aliphatic rings. The number of esters is 1. The van der Waals surface area contributed by atoms with Crippen LogP contribution in [0.15, 0.2) is 30.3 Å². The van der Waals surface area contributed by atoms with Crippen molar-refractivity contribution in [3.8, 4) is 0 Å². The Bertz CT molecular complexity index is 419. The number of nitrogens with zero attached hydrogens (tertiary/aromatic N) is 1. The largest absolute Gasteiger partial charge is 1.00 e. The highest BCUT2D eigenvalue weighted by molar-refractivity contribution is 5.87. The summed E-state index contributed by atoms with van der Waals surface area (Å²) < 4.78 is 5.91. The number of carbonyl (C=O) groups excluding carboxylic acids is 1. The van der Waals surface area contributed by atoms with E-state index in [-0.39, 0.29) is 18.4 Å². The molecule has 4 heteroatoms. The van der Waals surface area contributed by atoms with Crippen molar-refractivity contribution < 1.29 is 26.4 Å². The van der Waals surface area contributed by atoms with Crippen molar-refractivity contribution in [3.63, 3.8) is 0 Å². The molecule has 19 heavy (non-hydrogen) atoms. The third-order valence-corrected chi connectivity index (χ3v) is 2.50. The van der Waals surface area contributed by atoms with Gasteiger partial charge < -0.3 is 21.6 Å². The first kappa shape index (κ1) is 17.7.